The van der Waals surface area contributed by atoms with Crippen LogP contribution in [0.25, 0.3) is 0 Å². The second-order valence-corrected chi connectivity index (χ2v) is 5.86. The number of halogens is 2. The standard InChI is InChI=1S/C16H21F2N3O4/c17-12-2-1-10(5-13(12)18)7-21-4-3-19-16(25)14(21)6-15(24)20-11(8-22)9-23/h1-2,5,11,14,22-23H,3-4,6-9H2,(H,19,25)(H,20,24)/t14-/m1/s1. The minimum Gasteiger partial charge on any atom is -0.394 e. The summed E-state index contributed by atoms with van der Waals surface area (Å²) >= 11 is 0. The number of aliphatic hydroxyl groups is 2. The van der Waals surface area contributed by atoms with Gasteiger partial charge in [-0.25, -0.2) is 8.78 Å². The average molecular weight is 357 g/mol. The van der Waals surface area contributed by atoms with Crippen LogP contribution in [0.1, 0.15) is 12.0 Å². The molecule has 138 valence electrons. The van der Waals surface area contributed by atoms with Gasteiger partial charge in [0.05, 0.1) is 31.7 Å². The van der Waals surface area contributed by atoms with Crippen molar-refractivity contribution in [2.24, 2.45) is 0 Å². The summed E-state index contributed by atoms with van der Waals surface area (Å²) < 4.78 is 26.4. The van der Waals surface area contributed by atoms with Crippen molar-refractivity contribution in [3.8, 4) is 0 Å². The van der Waals surface area contributed by atoms with Crippen molar-refractivity contribution in [2.45, 2.75) is 25.0 Å². The maximum Gasteiger partial charge on any atom is 0.237 e. The van der Waals surface area contributed by atoms with E-state index < -0.39 is 42.8 Å². The molecule has 1 fully saturated rings. The lowest BCUT2D eigenvalue weighted by Gasteiger charge is -2.35. The molecular weight excluding hydrogens is 336 g/mol. The van der Waals surface area contributed by atoms with Crippen molar-refractivity contribution >= 4 is 11.8 Å². The summed E-state index contributed by atoms with van der Waals surface area (Å²) in [6.07, 6.45) is -0.175. The predicted octanol–water partition coefficient (Wildman–Crippen LogP) is -0.875. The molecule has 0 aliphatic carbocycles. The van der Waals surface area contributed by atoms with Crippen LogP contribution in [0, 0.1) is 11.6 Å². The summed E-state index contributed by atoms with van der Waals surface area (Å²) in [7, 11) is 0. The Morgan fingerprint density at radius 2 is 2.04 bits per heavy atom. The molecule has 1 aromatic carbocycles. The Morgan fingerprint density at radius 1 is 1.32 bits per heavy atom. The van der Waals surface area contributed by atoms with E-state index in [2.05, 4.69) is 10.6 Å². The quantitative estimate of drug-likeness (QED) is 0.508. The van der Waals surface area contributed by atoms with Gasteiger partial charge >= 0.3 is 0 Å². The van der Waals surface area contributed by atoms with Gasteiger partial charge in [-0.2, -0.15) is 0 Å². The highest BCUT2D eigenvalue weighted by Crippen LogP contribution is 2.16. The first kappa shape index (κ1) is 19.2. The van der Waals surface area contributed by atoms with Gasteiger partial charge in [0.25, 0.3) is 0 Å². The molecule has 9 heteroatoms. The topological polar surface area (TPSA) is 102 Å². The number of hydrogen-bond acceptors (Lipinski definition) is 5. The summed E-state index contributed by atoms with van der Waals surface area (Å²) in [5.74, 6) is -2.75. The van der Waals surface area contributed by atoms with E-state index in [0.717, 1.165) is 12.1 Å². The Labute approximate surface area is 143 Å². The van der Waals surface area contributed by atoms with E-state index >= 15 is 0 Å². The normalized spacial score (nSPS) is 18.3. The maximum absolute atomic E-state index is 13.4. The molecule has 0 bridgehead atoms. The highest BCUT2D eigenvalue weighted by molar-refractivity contribution is 5.88. The monoisotopic (exact) mass is 357 g/mol. The number of hydrogen-bond donors (Lipinski definition) is 4. The fourth-order valence-corrected chi connectivity index (χ4v) is 2.66. The van der Waals surface area contributed by atoms with Crippen molar-refractivity contribution in [3.05, 3.63) is 35.4 Å². The van der Waals surface area contributed by atoms with E-state index in [-0.39, 0.29) is 18.9 Å². The number of aliphatic hydroxyl groups excluding tert-OH is 2. The number of piperazine rings is 1. The van der Waals surface area contributed by atoms with Crippen LogP contribution in [0.15, 0.2) is 18.2 Å². The highest BCUT2D eigenvalue weighted by Gasteiger charge is 2.32. The minimum atomic E-state index is -0.970. The van der Waals surface area contributed by atoms with E-state index in [1.165, 1.54) is 6.07 Å². The van der Waals surface area contributed by atoms with Crippen molar-refractivity contribution in [1.82, 2.24) is 15.5 Å². The van der Waals surface area contributed by atoms with Gasteiger partial charge in [0, 0.05) is 19.6 Å². The van der Waals surface area contributed by atoms with E-state index in [1.54, 1.807) is 4.90 Å². The first-order valence-electron chi connectivity index (χ1n) is 7.91. The molecule has 0 radical (unpaired) electrons. The van der Waals surface area contributed by atoms with Crippen LogP contribution in [0.5, 0.6) is 0 Å². The van der Waals surface area contributed by atoms with Crippen molar-refractivity contribution < 1.29 is 28.6 Å². The molecule has 1 aliphatic rings. The zero-order chi connectivity index (χ0) is 18.4. The van der Waals surface area contributed by atoms with Gasteiger partial charge in [0.15, 0.2) is 11.6 Å². The third kappa shape index (κ3) is 5.18. The highest BCUT2D eigenvalue weighted by atomic mass is 19.2. The molecule has 1 aromatic rings. The number of carbonyl (C=O) groups is 2. The first-order chi connectivity index (χ1) is 11.9. The average Bonchev–Trinajstić information content (AvgIpc) is 2.59. The largest absolute Gasteiger partial charge is 0.394 e. The smallest absolute Gasteiger partial charge is 0.237 e. The van der Waals surface area contributed by atoms with Gasteiger partial charge in [-0.05, 0) is 17.7 Å². The molecule has 2 rings (SSSR count). The lowest BCUT2D eigenvalue weighted by Crippen LogP contribution is -2.56. The summed E-state index contributed by atoms with van der Waals surface area (Å²) in [6, 6.07) is 1.93. The number of amides is 2. The summed E-state index contributed by atoms with van der Waals surface area (Å²) in [5, 5.41) is 23.1. The molecule has 0 saturated carbocycles. The Hall–Kier alpha value is -2.10. The molecule has 1 aliphatic heterocycles. The van der Waals surface area contributed by atoms with Gasteiger partial charge in [-0.3, -0.25) is 14.5 Å². The number of benzene rings is 1. The number of nitrogens with one attached hydrogen (secondary N) is 2. The van der Waals surface area contributed by atoms with Crippen LogP contribution in [-0.2, 0) is 16.1 Å². The molecule has 0 spiro atoms. The van der Waals surface area contributed by atoms with Crippen LogP contribution < -0.4 is 10.6 Å². The zero-order valence-electron chi connectivity index (χ0n) is 13.5. The second-order valence-electron chi connectivity index (χ2n) is 5.86. The minimum absolute atomic E-state index is 0.175. The van der Waals surface area contributed by atoms with Crippen LogP contribution in [0.4, 0.5) is 8.78 Å². The van der Waals surface area contributed by atoms with Gasteiger partial charge in [-0.15, -0.1) is 0 Å². The Morgan fingerprint density at radius 3 is 2.68 bits per heavy atom. The summed E-state index contributed by atoms with van der Waals surface area (Å²) in [6.45, 7) is 0.185. The SMILES string of the molecule is O=C(C[C@@H]1C(=O)NCCN1Cc1ccc(F)c(F)c1)NC(CO)CO. The predicted molar refractivity (Wildman–Crippen MR) is 84.3 cm³/mol. The van der Waals surface area contributed by atoms with E-state index in [0.29, 0.717) is 18.7 Å². The first-order valence-corrected chi connectivity index (χ1v) is 7.91. The van der Waals surface area contributed by atoms with Crippen LogP contribution in [-0.4, -0.2) is 65.3 Å². The molecule has 25 heavy (non-hydrogen) atoms. The molecule has 7 nitrogen and oxygen atoms in total. The second kappa shape index (κ2) is 8.84. The molecule has 4 N–H and O–H groups in total. The zero-order valence-corrected chi connectivity index (χ0v) is 13.5. The molecular formula is C16H21F2N3O4. The van der Waals surface area contributed by atoms with Crippen LogP contribution in [0.2, 0.25) is 0 Å². The summed E-state index contributed by atoms with van der Waals surface area (Å²) in [4.78, 5) is 25.8. The lowest BCUT2D eigenvalue weighted by molar-refractivity contribution is -0.134. The number of rotatable bonds is 7. The van der Waals surface area contributed by atoms with Gasteiger partial charge in [-0.1, -0.05) is 6.07 Å². The van der Waals surface area contributed by atoms with Gasteiger partial charge in [0.1, 0.15) is 0 Å². The lowest BCUT2D eigenvalue weighted by atomic mass is 10.1. The van der Waals surface area contributed by atoms with Gasteiger partial charge in [0.2, 0.25) is 11.8 Å². The molecule has 2 amide bonds. The Kier molecular flexibility index (Phi) is 6.80. The van der Waals surface area contributed by atoms with Crippen molar-refractivity contribution in [1.29, 1.82) is 0 Å². The third-order valence-electron chi connectivity index (χ3n) is 4.00. The van der Waals surface area contributed by atoms with E-state index in [9.17, 15) is 18.4 Å². The molecule has 1 heterocycles. The maximum atomic E-state index is 13.4. The van der Waals surface area contributed by atoms with E-state index in [1.807, 2.05) is 0 Å². The van der Waals surface area contributed by atoms with Crippen LogP contribution >= 0.6 is 0 Å². The summed E-state index contributed by atoms with van der Waals surface area (Å²) in [5.41, 5.74) is 0.489. The molecule has 0 aromatic heterocycles. The number of nitrogens with zero attached hydrogens (tertiary/aromatic N) is 1. The fraction of sp³-hybridized carbons (Fsp3) is 0.500. The van der Waals surface area contributed by atoms with E-state index in [4.69, 9.17) is 10.2 Å². The fourth-order valence-electron chi connectivity index (χ4n) is 2.66. The molecule has 0 unspecified atom stereocenters. The van der Waals surface area contributed by atoms with Gasteiger partial charge < -0.3 is 20.8 Å². The Bertz CT molecular complexity index is 625. The Balaban J connectivity index is 2.05. The van der Waals surface area contributed by atoms with Crippen molar-refractivity contribution in [3.63, 3.8) is 0 Å². The molecule has 1 atom stereocenters. The van der Waals surface area contributed by atoms with Crippen molar-refractivity contribution in [2.75, 3.05) is 26.3 Å². The van der Waals surface area contributed by atoms with Crippen LogP contribution in [0.3, 0.4) is 0 Å². The number of carbonyl (C=O) groups excluding carboxylic acids is 2. The molecule has 1 saturated heterocycles. The third-order valence-corrected chi connectivity index (χ3v) is 4.00.